The van der Waals surface area contributed by atoms with Gasteiger partial charge >= 0.3 is 0 Å². The lowest BCUT2D eigenvalue weighted by Gasteiger charge is -2.37. The van der Waals surface area contributed by atoms with Crippen LogP contribution in [-0.2, 0) is 6.54 Å². The molecule has 0 spiro atoms. The van der Waals surface area contributed by atoms with Crippen molar-refractivity contribution >= 4 is 5.69 Å². The number of nitrogens with zero attached hydrogens (tertiary/aromatic N) is 2. The molecule has 16 heavy (non-hydrogen) atoms. The highest BCUT2D eigenvalue weighted by Crippen LogP contribution is 2.29. The van der Waals surface area contributed by atoms with Crippen LogP contribution >= 0.6 is 0 Å². The molecule has 1 fully saturated rings. The number of pyridine rings is 1. The van der Waals surface area contributed by atoms with E-state index in [0.29, 0.717) is 0 Å². The Morgan fingerprint density at radius 1 is 1.50 bits per heavy atom. The SMILES string of the molecule is CCNCc1ccncc1N(C)C1CCC1. The summed E-state index contributed by atoms with van der Waals surface area (Å²) < 4.78 is 0. The van der Waals surface area contributed by atoms with Crippen LogP contribution in [0.4, 0.5) is 5.69 Å². The molecule has 1 aromatic rings. The van der Waals surface area contributed by atoms with E-state index < -0.39 is 0 Å². The minimum Gasteiger partial charge on any atom is -0.370 e. The van der Waals surface area contributed by atoms with E-state index in [4.69, 9.17) is 0 Å². The fourth-order valence-electron chi connectivity index (χ4n) is 2.11. The Morgan fingerprint density at radius 2 is 2.31 bits per heavy atom. The first-order valence-corrected chi connectivity index (χ1v) is 6.19. The van der Waals surface area contributed by atoms with Gasteiger partial charge in [-0.25, -0.2) is 0 Å². The first-order valence-electron chi connectivity index (χ1n) is 6.19. The Bertz CT molecular complexity index is 334. The Morgan fingerprint density at radius 3 is 2.94 bits per heavy atom. The number of hydrogen-bond acceptors (Lipinski definition) is 3. The van der Waals surface area contributed by atoms with Crippen LogP contribution in [-0.4, -0.2) is 24.6 Å². The minimum atomic E-state index is 0.726. The monoisotopic (exact) mass is 219 g/mol. The van der Waals surface area contributed by atoms with Crippen LogP contribution in [0.3, 0.4) is 0 Å². The molecule has 1 aromatic heterocycles. The van der Waals surface area contributed by atoms with E-state index in [9.17, 15) is 0 Å². The van der Waals surface area contributed by atoms with Gasteiger partial charge in [0.25, 0.3) is 0 Å². The highest BCUT2D eigenvalue weighted by molar-refractivity contribution is 5.52. The number of rotatable bonds is 5. The van der Waals surface area contributed by atoms with Crippen molar-refractivity contribution in [3.63, 3.8) is 0 Å². The van der Waals surface area contributed by atoms with Crippen molar-refractivity contribution < 1.29 is 0 Å². The molecule has 1 saturated carbocycles. The first kappa shape index (κ1) is 11.4. The van der Waals surface area contributed by atoms with Crippen molar-refractivity contribution in [3.8, 4) is 0 Å². The van der Waals surface area contributed by atoms with Crippen LogP contribution in [0.1, 0.15) is 31.7 Å². The lowest BCUT2D eigenvalue weighted by atomic mass is 9.91. The summed E-state index contributed by atoms with van der Waals surface area (Å²) in [5.41, 5.74) is 2.64. The van der Waals surface area contributed by atoms with Gasteiger partial charge in [-0.1, -0.05) is 6.92 Å². The Labute approximate surface area is 97.9 Å². The second-order valence-corrected chi connectivity index (χ2v) is 4.48. The lowest BCUT2D eigenvalue weighted by molar-refractivity contribution is 0.400. The van der Waals surface area contributed by atoms with Gasteiger partial charge < -0.3 is 10.2 Å². The van der Waals surface area contributed by atoms with Crippen LogP contribution in [0.15, 0.2) is 18.5 Å². The highest BCUT2D eigenvalue weighted by Gasteiger charge is 2.23. The van der Waals surface area contributed by atoms with Crippen LogP contribution in [0, 0.1) is 0 Å². The number of hydrogen-bond donors (Lipinski definition) is 1. The van der Waals surface area contributed by atoms with Crippen molar-refractivity contribution in [2.24, 2.45) is 0 Å². The summed E-state index contributed by atoms with van der Waals surface area (Å²) in [5.74, 6) is 0. The van der Waals surface area contributed by atoms with E-state index in [1.807, 2.05) is 12.4 Å². The fraction of sp³-hybridized carbons (Fsp3) is 0.615. The molecule has 1 aliphatic rings. The van der Waals surface area contributed by atoms with E-state index >= 15 is 0 Å². The van der Waals surface area contributed by atoms with Gasteiger partial charge in [0, 0.05) is 25.8 Å². The van der Waals surface area contributed by atoms with E-state index in [2.05, 4.69) is 35.2 Å². The van der Waals surface area contributed by atoms with Crippen molar-refractivity contribution in [3.05, 3.63) is 24.0 Å². The molecular weight excluding hydrogens is 198 g/mol. The van der Waals surface area contributed by atoms with Gasteiger partial charge in [0.2, 0.25) is 0 Å². The molecular formula is C13H21N3. The van der Waals surface area contributed by atoms with Crippen LogP contribution in [0.2, 0.25) is 0 Å². The molecule has 1 N–H and O–H groups in total. The second kappa shape index (κ2) is 5.30. The molecule has 3 heteroatoms. The molecule has 0 bridgehead atoms. The molecule has 0 aliphatic heterocycles. The van der Waals surface area contributed by atoms with Crippen LogP contribution < -0.4 is 10.2 Å². The molecule has 3 nitrogen and oxygen atoms in total. The fourth-order valence-corrected chi connectivity index (χ4v) is 2.11. The molecule has 0 atom stereocenters. The summed E-state index contributed by atoms with van der Waals surface area (Å²) in [5, 5.41) is 3.38. The molecule has 1 heterocycles. The van der Waals surface area contributed by atoms with Crippen molar-refractivity contribution in [2.75, 3.05) is 18.5 Å². The van der Waals surface area contributed by atoms with Crippen LogP contribution in [0.25, 0.3) is 0 Å². The van der Waals surface area contributed by atoms with Crippen molar-refractivity contribution in [1.29, 1.82) is 0 Å². The maximum Gasteiger partial charge on any atom is 0.0598 e. The van der Waals surface area contributed by atoms with Crippen molar-refractivity contribution in [1.82, 2.24) is 10.3 Å². The second-order valence-electron chi connectivity index (χ2n) is 4.48. The van der Waals surface area contributed by atoms with Gasteiger partial charge in [0.15, 0.2) is 0 Å². The van der Waals surface area contributed by atoms with E-state index in [1.165, 1.54) is 30.5 Å². The maximum atomic E-state index is 4.25. The number of nitrogens with one attached hydrogen (secondary N) is 1. The van der Waals surface area contributed by atoms with Gasteiger partial charge in [-0.3, -0.25) is 4.98 Å². The van der Waals surface area contributed by atoms with Gasteiger partial charge in [0.05, 0.1) is 11.9 Å². The minimum absolute atomic E-state index is 0.726. The van der Waals surface area contributed by atoms with E-state index in [-0.39, 0.29) is 0 Å². The van der Waals surface area contributed by atoms with Crippen LogP contribution in [0.5, 0.6) is 0 Å². The predicted molar refractivity (Wildman–Crippen MR) is 67.7 cm³/mol. The predicted octanol–water partition coefficient (Wildman–Crippen LogP) is 2.18. The third-order valence-electron chi connectivity index (χ3n) is 3.46. The average Bonchev–Trinajstić information content (AvgIpc) is 2.24. The molecule has 1 aliphatic carbocycles. The zero-order chi connectivity index (χ0) is 11.4. The van der Waals surface area contributed by atoms with Crippen molar-refractivity contribution in [2.45, 2.75) is 38.8 Å². The van der Waals surface area contributed by atoms with Gasteiger partial charge in [-0.15, -0.1) is 0 Å². The summed E-state index contributed by atoms with van der Waals surface area (Å²) in [6, 6.07) is 2.84. The standard InChI is InChI=1S/C13H21N3/c1-3-14-9-11-7-8-15-10-13(11)16(2)12-5-4-6-12/h7-8,10,12,14H,3-6,9H2,1-2H3. The topological polar surface area (TPSA) is 28.2 Å². The lowest BCUT2D eigenvalue weighted by Crippen LogP contribution is -2.38. The maximum absolute atomic E-state index is 4.25. The first-order chi connectivity index (χ1) is 7.83. The Balaban J connectivity index is 2.11. The molecule has 0 aromatic carbocycles. The molecule has 0 radical (unpaired) electrons. The van der Waals surface area contributed by atoms with Gasteiger partial charge in [0.1, 0.15) is 0 Å². The summed E-state index contributed by atoms with van der Waals surface area (Å²) in [6.45, 7) is 4.08. The quantitative estimate of drug-likeness (QED) is 0.822. The normalized spacial score (nSPS) is 15.9. The summed E-state index contributed by atoms with van der Waals surface area (Å²) in [6.07, 6.45) is 7.89. The number of anilines is 1. The summed E-state index contributed by atoms with van der Waals surface area (Å²) >= 11 is 0. The summed E-state index contributed by atoms with van der Waals surface area (Å²) in [4.78, 5) is 6.64. The zero-order valence-electron chi connectivity index (χ0n) is 10.2. The third-order valence-corrected chi connectivity index (χ3v) is 3.46. The smallest absolute Gasteiger partial charge is 0.0598 e. The van der Waals surface area contributed by atoms with Gasteiger partial charge in [-0.05, 0) is 37.4 Å². The average molecular weight is 219 g/mol. The molecule has 0 amide bonds. The Hall–Kier alpha value is -1.09. The molecule has 0 saturated heterocycles. The van der Waals surface area contributed by atoms with E-state index in [0.717, 1.165) is 19.1 Å². The van der Waals surface area contributed by atoms with E-state index in [1.54, 1.807) is 0 Å². The molecule has 88 valence electrons. The zero-order valence-corrected chi connectivity index (χ0v) is 10.2. The Kier molecular flexibility index (Phi) is 3.78. The summed E-state index contributed by atoms with van der Waals surface area (Å²) in [7, 11) is 2.19. The largest absolute Gasteiger partial charge is 0.370 e. The highest BCUT2D eigenvalue weighted by atomic mass is 15.1. The molecule has 2 rings (SSSR count). The molecule has 0 unspecified atom stereocenters. The number of aromatic nitrogens is 1. The van der Waals surface area contributed by atoms with Gasteiger partial charge in [-0.2, -0.15) is 0 Å². The third kappa shape index (κ3) is 2.35.